The van der Waals surface area contributed by atoms with Crippen LogP contribution in [-0.2, 0) is 0 Å². The highest BCUT2D eigenvalue weighted by atomic mass is 35.5. The van der Waals surface area contributed by atoms with E-state index in [1.165, 1.54) is 4.90 Å². The monoisotopic (exact) mass is 309 g/mol. The van der Waals surface area contributed by atoms with Gasteiger partial charge in [-0.3, -0.25) is 4.90 Å². The highest BCUT2D eigenvalue weighted by molar-refractivity contribution is 6.31. The van der Waals surface area contributed by atoms with Crippen LogP contribution in [0.5, 0.6) is 0 Å². The minimum atomic E-state index is -4.24. The van der Waals surface area contributed by atoms with E-state index in [2.05, 4.69) is 0 Å². The number of aliphatic hydroxyl groups is 1. The number of alkyl halides is 3. The van der Waals surface area contributed by atoms with E-state index in [4.69, 9.17) is 11.6 Å². The first kappa shape index (κ1) is 17.3. The van der Waals surface area contributed by atoms with E-state index >= 15 is 0 Å². The molecule has 6 heteroatoms. The van der Waals surface area contributed by atoms with Crippen LogP contribution in [0.15, 0.2) is 24.3 Å². The number of rotatable bonds is 6. The summed E-state index contributed by atoms with van der Waals surface area (Å²) < 4.78 is 37.4. The molecule has 0 radical (unpaired) electrons. The Bertz CT molecular complexity index is 423. The molecule has 0 aliphatic carbocycles. The summed E-state index contributed by atoms with van der Waals surface area (Å²) in [6.45, 7) is 2.59. The van der Waals surface area contributed by atoms with Crippen molar-refractivity contribution < 1.29 is 18.3 Å². The molecule has 0 spiro atoms. The van der Waals surface area contributed by atoms with Gasteiger partial charge in [0.05, 0.1) is 12.6 Å². The van der Waals surface area contributed by atoms with Crippen LogP contribution in [0.2, 0.25) is 5.02 Å². The molecule has 0 aliphatic rings. The lowest BCUT2D eigenvalue weighted by Gasteiger charge is -2.28. The Morgan fingerprint density at radius 1 is 1.25 bits per heavy atom. The first-order valence-electron chi connectivity index (χ1n) is 6.44. The van der Waals surface area contributed by atoms with Gasteiger partial charge in [-0.25, -0.2) is 0 Å². The number of hydrogen-bond donors (Lipinski definition) is 1. The fraction of sp³-hybridized carbons (Fsp3) is 0.571. The topological polar surface area (TPSA) is 23.5 Å². The minimum absolute atomic E-state index is 0.156. The third-order valence-corrected chi connectivity index (χ3v) is 3.41. The van der Waals surface area contributed by atoms with E-state index in [1.54, 1.807) is 38.1 Å². The van der Waals surface area contributed by atoms with E-state index in [1.807, 2.05) is 0 Å². The molecule has 1 atom stereocenters. The molecule has 0 saturated carbocycles. The molecular formula is C14H19ClF3NO. The first-order chi connectivity index (χ1) is 9.20. The molecule has 0 aromatic heterocycles. The molecule has 0 amide bonds. The molecule has 1 N–H and O–H groups in total. The Labute approximate surface area is 122 Å². The van der Waals surface area contributed by atoms with Gasteiger partial charge in [0, 0.05) is 17.6 Å². The molecule has 1 unspecified atom stereocenters. The summed E-state index contributed by atoms with van der Waals surface area (Å²) in [6.07, 6.45) is -4.89. The molecule has 114 valence electrons. The van der Waals surface area contributed by atoms with Gasteiger partial charge in [0.25, 0.3) is 0 Å². The standard InChI is InChI=1S/C14H19ClF3NO/c1-10(2)19(9-14(16,17)18)8-7-13(20)11-5-3-4-6-12(11)15/h3-6,10,13,20H,7-9H2,1-2H3. The number of halogens is 4. The van der Waals surface area contributed by atoms with Crippen molar-refractivity contribution in [2.45, 2.75) is 38.6 Å². The Kier molecular flexibility index (Phi) is 6.30. The van der Waals surface area contributed by atoms with Crippen molar-refractivity contribution in [2.75, 3.05) is 13.1 Å². The van der Waals surface area contributed by atoms with E-state index in [-0.39, 0.29) is 19.0 Å². The van der Waals surface area contributed by atoms with Crippen LogP contribution in [0.4, 0.5) is 13.2 Å². The van der Waals surface area contributed by atoms with E-state index in [0.29, 0.717) is 10.6 Å². The quantitative estimate of drug-likeness (QED) is 0.857. The first-order valence-corrected chi connectivity index (χ1v) is 6.82. The predicted octanol–water partition coefficient (Wildman–Crippen LogP) is 4.04. The summed E-state index contributed by atoms with van der Waals surface area (Å²) >= 11 is 5.95. The number of nitrogens with zero attached hydrogens (tertiary/aromatic N) is 1. The fourth-order valence-corrected chi connectivity index (χ4v) is 2.20. The van der Waals surface area contributed by atoms with E-state index in [9.17, 15) is 18.3 Å². The maximum atomic E-state index is 12.5. The number of hydrogen-bond acceptors (Lipinski definition) is 2. The number of aliphatic hydroxyl groups excluding tert-OH is 1. The molecule has 1 aromatic carbocycles. The van der Waals surface area contributed by atoms with Crippen molar-refractivity contribution in [2.24, 2.45) is 0 Å². The second kappa shape index (κ2) is 7.29. The zero-order chi connectivity index (χ0) is 15.3. The molecule has 20 heavy (non-hydrogen) atoms. The summed E-state index contributed by atoms with van der Waals surface area (Å²) in [5.74, 6) is 0. The van der Waals surface area contributed by atoms with Crippen LogP contribution >= 0.6 is 11.6 Å². The van der Waals surface area contributed by atoms with Crippen molar-refractivity contribution in [3.05, 3.63) is 34.9 Å². The Morgan fingerprint density at radius 3 is 2.35 bits per heavy atom. The second-order valence-corrected chi connectivity index (χ2v) is 5.41. The summed E-state index contributed by atoms with van der Waals surface area (Å²) in [7, 11) is 0. The van der Waals surface area contributed by atoms with Gasteiger partial charge in [-0.1, -0.05) is 29.8 Å². The average molecular weight is 310 g/mol. The molecular weight excluding hydrogens is 291 g/mol. The Hall–Kier alpha value is -0.780. The smallest absolute Gasteiger partial charge is 0.388 e. The van der Waals surface area contributed by atoms with Gasteiger partial charge in [0.1, 0.15) is 0 Å². The molecule has 1 rings (SSSR count). The van der Waals surface area contributed by atoms with Gasteiger partial charge in [0.2, 0.25) is 0 Å². The molecule has 0 fully saturated rings. The van der Waals surface area contributed by atoms with Crippen LogP contribution in [0, 0.1) is 0 Å². The van der Waals surface area contributed by atoms with Gasteiger partial charge >= 0.3 is 6.18 Å². The zero-order valence-corrected chi connectivity index (χ0v) is 12.2. The molecule has 0 bridgehead atoms. The summed E-state index contributed by atoms with van der Waals surface area (Å²) in [5.41, 5.74) is 0.546. The normalized spacial score (nSPS) is 14.1. The van der Waals surface area contributed by atoms with Crippen molar-refractivity contribution in [1.29, 1.82) is 0 Å². The molecule has 0 saturated heterocycles. The molecule has 0 heterocycles. The SMILES string of the molecule is CC(C)N(CCC(O)c1ccccc1Cl)CC(F)(F)F. The van der Waals surface area contributed by atoms with Crippen molar-refractivity contribution in [3.63, 3.8) is 0 Å². The highest BCUT2D eigenvalue weighted by Gasteiger charge is 2.31. The maximum absolute atomic E-state index is 12.5. The van der Waals surface area contributed by atoms with Crippen LogP contribution in [0.1, 0.15) is 31.9 Å². The summed E-state index contributed by atoms with van der Waals surface area (Å²) in [4.78, 5) is 1.29. The third kappa shape index (κ3) is 5.69. The van der Waals surface area contributed by atoms with Gasteiger partial charge in [-0.05, 0) is 31.9 Å². The van der Waals surface area contributed by atoms with Crippen molar-refractivity contribution in [3.8, 4) is 0 Å². The lowest BCUT2D eigenvalue weighted by atomic mass is 10.1. The van der Waals surface area contributed by atoms with Crippen molar-refractivity contribution in [1.82, 2.24) is 4.90 Å². The van der Waals surface area contributed by atoms with Crippen LogP contribution in [0.3, 0.4) is 0 Å². The van der Waals surface area contributed by atoms with E-state index in [0.717, 1.165) is 0 Å². The maximum Gasteiger partial charge on any atom is 0.401 e. The fourth-order valence-electron chi connectivity index (χ4n) is 1.94. The molecule has 2 nitrogen and oxygen atoms in total. The Morgan fingerprint density at radius 2 is 1.85 bits per heavy atom. The average Bonchev–Trinajstić information content (AvgIpc) is 2.33. The van der Waals surface area contributed by atoms with Crippen LogP contribution in [-0.4, -0.2) is 35.3 Å². The molecule has 0 aliphatic heterocycles. The highest BCUT2D eigenvalue weighted by Crippen LogP contribution is 2.26. The van der Waals surface area contributed by atoms with Gasteiger partial charge in [0.15, 0.2) is 0 Å². The third-order valence-electron chi connectivity index (χ3n) is 3.07. The second-order valence-electron chi connectivity index (χ2n) is 5.01. The van der Waals surface area contributed by atoms with Crippen LogP contribution in [0.25, 0.3) is 0 Å². The predicted molar refractivity (Wildman–Crippen MR) is 73.8 cm³/mol. The van der Waals surface area contributed by atoms with Crippen molar-refractivity contribution >= 4 is 11.6 Å². The summed E-state index contributed by atoms with van der Waals surface area (Å²) in [5, 5.41) is 10.5. The largest absolute Gasteiger partial charge is 0.401 e. The zero-order valence-electron chi connectivity index (χ0n) is 11.5. The van der Waals surface area contributed by atoms with Gasteiger partial charge in [-0.15, -0.1) is 0 Å². The van der Waals surface area contributed by atoms with E-state index < -0.39 is 18.8 Å². The number of benzene rings is 1. The summed E-state index contributed by atoms with van der Waals surface area (Å²) in [6, 6.07) is 6.56. The van der Waals surface area contributed by atoms with Crippen LogP contribution < -0.4 is 0 Å². The van der Waals surface area contributed by atoms with Gasteiger partial charge < -0.3 is 5.11 Å². The minimum Gasteiger partial charge on any atom is -0.388 e. The molecule has 1 aromatic rings. The lowest BCUT2D eigenvalue weighted by Crippen LogP contribution is -2.40. The lowest BCUT2D eigenvalue weighted by molar-refractivity contribution is -0.150. The Balaban J connectivity index is 2.61. The van der Waals surface area contributed by atoms with Gasteiger partial charge in [-0.2, -0.15) is 13.2 Å².